The van der Waals surface area contributed by atoms with Gasteiger partial charge in [-0.1, -0.05) is 36.4 Å². The summed E-state index contributed by atoms with van der Waals surface area (Å²) in [5.41, 5.74) is 6.64. The van der Waals surface area contributed by atoms with Gasteiger partial charge in [-0.15, -0.1) is 0 Å². The van der Waals surface area contributed by atoms with E-state index in [4.69, 9.17) is 10.5 Å². The lowest BCUT2D eigenvalue weighted by Crippen LogP contribution is -2.48. The third kappa shape index (κ3) is 6.10. The van der Waals surface area contributed by atoms with E-state index in [1.807, 2.05) is 19.1 Å². The van der Waals surface area contributed by atoms with Crippen LogP contribution in [0.3, 0.4) is 0 Å². The lowest BCUT2D eigenvalue weighted by Gasteiger charge is -2.43. The predicted octanol–water partition coefficient (Wildman–Crippen LogP) is 6.41. The predicted molar refractivity (Wildman–Crippen MR) is 138 cm³/mol. The fourth-order valence-corrected chi connectivity index (χ4v) is 4.89. The van der Waals surface area contributed by atoms with E-state index in [0.29, 0.717) is 49.9 Å². The van der Waals surface area contributed by atoms with Crippen LogP contribution >= 0.6 is 0 Å². The maximum Gasteiger partial charge on any atom is 0.411 e. The van der Waals surface area contributed by atoms with E-state index >= 15 is 0 Å². The smallest absolute Gasteiger partial charge is 0.411 e. The van der Waals surface area contributed by atoms with Crippen molar-refractivity contribution in [2.24, 2.45) is 5.73 Å². The van der Waals surface area contributed by atoms with Gasteiger partial charge in [-0.3, -0.25) is 0 Å². The molecule has 1 aliphatic heterocycles. The minimum atomic E-state index is -0.919. The van der Waals surface area contributed by atoms with Gasteiger partial charge in [0.15, 0.2) is 0 Å². The summed E-state index contributed by atoms with van der Waals surface area (Å²) in [6.45, 7) is 2.70. The van der Waals surface area contributed by atoms with Crippen LogP contribution in [0.1, 0.15) is 49.8 Å². The number of amides is 3. The van der Waals surface area contributed by atoms with E-state index in [9.17, 15) is 22.8 Å². The second kappa shape index (κ2) is 11.6. The summed E-state index contributed by atoms with van der Waals surface area (Å²) >= 11 is 0. The molecule has 3 N–H and O–H groups in total. The Hall–Kier alpha value is -4.01. The zero-order valence-corrected chi connectivity index (χ0v) is 21.1. The molecule has 4 rings (SSSR count). The second-order valence-electron chi connectivity index (χ2n) is 9.48. The number of nitrogens with two attached hydrogens (primary N) is 1. The van der Waals surface area contributed by atoms with Gasteiger partial charge in [0.25, 0.3) is 0 Å². The number of ether oxygens (including phenoxy) is 1. The fraction of sp³-hybridized carbons (Fsp3) is 0.310. The van der Waals surface area contributed by atoms with Crippen LogP contribution in [0, 0.1) is 17.5 Å². The highest BCUT2D eigenvalue weighted by molar-refractivity contribution is 5.71. The molecule has 1 saturated heterocycles. The van der Waals surface area contributed by atoms with Crippen molar-refractivity contribution in [2.75, 3.05) is 13.1 Å². The Labute approximate surface area is 219 Å². The molecule has 0 radical (unpaired) electrons. The van der Waals surface area contributed by atoms with Crippen molar-refractivity contribution >= 4 is 12.1 Å². The van der Waals surface area contributed by atoms with Crippen LogP contribution < -0.4 is 11.1 Å². The van der Waals surface area contributed by atoms with Crippen LogP contribution in [0.25, 0.3) is 11.1 Å². The van der Waals surface area contributed by atoms with Gasteiger partial charge in [0.05, 0.1) is 6.04 Å². The average molecular weight is 526 g/mol. The number of benzene rings is 3. The van der Waals surface area contributed by atoms with Gasteiger partial charge in [-0.25, -0.2) is 22.8 Å². The first-order chi connectivity index (χ1) is 18.2. The molecule has 0 aliphatic carbocycles. The van der Waals surface area contributed by atoms with Gasteiger partial charge < -0.3 is 20.7 Å². The lowest BCUT2D eigenvalue weighted by molar-refractivity contribution is -0.0666. The summed E-state index contributed by atoms with van der Waals surface area (Å²) in [6, 6.07) is 15.6. The molecule has 1 unspecified atom stereocenters. The monoisotopic (exact) mass is 525 g/mol. The van der Waals surface area contributed by atoms with Gasteiger partial charge in [0, 0.05) is 31.1 Å². The Morgan fingerprint density at radius 3 is 2.34 bits per heavy atom. The average Bonchev–Trinajstić information content (AvgIpc) is 2.88. The third-order valence-corrected chi connectivity index (χ3v) is 7.05. The number of carbonyl (C=O) groups is 2. The zero-order valence-electron chi connectivity index (χ0n) is 21.1. The van der Waals surface area contributed by atoms with Crippen LogP contribution in [0.5, 0.6) is 0 Å². The van der Waals surface area contributed by atoms with Crippen molar-refractivity contribution in [3.63, 3.8) is 0 Å². The molecule has 0 aromatic heterocycles. The van der Waals surface area contributed by atoms with Gasteiger partial charge >= 0.3 is 12.1 Å². The number of nitrogens with one attached hydrogen (secondary N) is 1. The number of hydrogen-bond acceptors (Lipinski definition) is 3. The topological polar surface area (TPSA) is 84.7 Å². The van der Waals surface area contributed by atoms with Crippen LogP contribution in [0.4, 0.5) is 22.8 Å². The molecule has 200 valence electrons. The molecule has 0 saturated carbocycles. The van der Waals surface area contributed by atoms with Crippen molar-refractivity contribution in [3.8, 4) is 11.1 Å². The molecule has 3 amide bonds. The van der Waals surface area contributed by atoms with E-state index in [-0.39, 0.29) is 17.4 Å². The first-order valence-corrected chi connectivity index (χ1v) is 12.5. The molecule has 0 spiro atoms. The van der Waals surface area contributed by atoms with Crippen LogP contribution in [0.2, 0.25) is 0 Å². The molecule has 0 bridgehead atoms. The first-order valence-electron chi connectivity index (χ1n) is 12.5. The number of unbranched alkanes of at least 4 members (excludes halogenated alkanes) is 1. The molecule has 2 atom stereocenters. The summed E-state index contributed by atoms with van der Waals surface area (Å²) < 4.78 is 47.1. The molecule has 6 nitrogen and oxygen atoms in total. The maximum atomic E-state index is 14.2. The Bertz CT molecular complexity index is 1280. The summed E-state index contributed by atoms with van der Waals surface area (Å²) in [4.78, 5) is 25.8. The minimum Gasteiger partial charge on any atom is -0.438 e. The number of rotatable bonds is 9. The summed E-state index contributed by atoms with van der Waals surface area (Å²) in [5, 5.41) is 2.55. The standard InChI is InChI=1S/C29H30F3N3O3/c1-19(20-4-6-21(7-5-20)25-13-12-24(31)18-26(25)32)35-17-15-29(38-28(35)37,14-2-3-16-34-27(33)36)22-8-10-23(30)11-9-22/h4-13,18-19H,2-3,14-17H2,1H3,(H3,33,34,36)/t19-,29?/m0/s1. The Kier molecular flexibility index (Phi) is 8.24. The van der Waals surface area contributed by atoms with E-state index in [2.05, 4.69) is 5.32 Å². The number of halogens is 3. The molecular weight excluding hydrogens is 495 g/mol. The third-order valence-electron chi connectivity index (χ3n) is 7.05. The Morgan fingerprint density at radius 1 is 1.03 bits per heavy atom. The Balaban J connectivity index is 1.48. The summed E-state index contributed by atoms with van der Waals surface area (Å²) in [7, 11) is 0. The van der Waals surface area contributed by atoms with Crippen molar-refractivity contribution in [1.29, 1.82) is 0 Å². The van der Waals surface area contributed by atoms with Gasteiger partial charge in [-0.2, -0.15) is 0 Å². The van der Waals surface area contributed by atoms with E-state index in [1.54, 1.807) is 29.2 Å². The molecular formula is C29H30F3N3O3. The second-order valence-corrected chi connectivity index (χ2v) is 9.48. The highest BCUT2D eigenvalue weighted by atomic mass is 19.1. The number of urea groups is 1. The number of primary amides is 1. The van der Waals surface area contributed by atoms with Crippen LogP contribution in [-0.4, -0.2) is 30.1 Å². The lowest BCUT2D eigenvalue weighted by atomic mass is 9.84. The number of nitrogens with zero attached hydrogens (tertiary/aromatic N) is 1. The zero-order chi connectivity index (χ0) is 27.3. The number of carbonyl (C=O) groups excluding carboxylic acids is 2. The van der Waals surface area contributed by atoms with Crippen LogP contribution in [-0.2, 0) is 10.3 Å². The van der Waals surface area contributed by atoms with E-state index < -0.39 is 29.4 Å². The van der Waals surface area contributed by atoms with Gasteiger partial charge in [-0.05, 0) is 67.1 Å². The first kappa shape index (κ1) is 27.0. The van der Waals surface area contributed by atoms with E-state index in [1.165, 1.54) is 24.3 Å². The molecule has 3 aromatic carbocycles. The minimum absolute atomic E-state index is 0.290. The SMILES string of the molecule is C[C@@H](c1ccc(-c2ccc(F)cc2F)cc1)N1CCC(CCCCNC(N)=O)(c2ccc(F)cc2)OC1=O. The van der Waals surface area contributed by atoms with Crippen molar-refractivity contribution in [3.05, 3.63) is 95.3 Å². The quantitative estimate of drug-likeness (QED) is 0.317. The highest BCUT2D eigenvalue weighted by Gasteiger charge is 2.43. The number of hydrogen-bond donors (Lipinski definition) is 2. The highest BCUT2D eigenvalue weighted by Crippen LogP contribution is 2.41. The Morgan fingerprint density at radius 2 is 1.71 bits per heavy atom. The summed E-state index contributed by atoms with van der Waals surface area (Å²) in [6.07, 6.45) is 1.81. The van der Waals surface area contributed by atoms with Gasteiger partial charge in [0.2, 0.25) is 0 Å². The molecule has 1 heterocycles. The molecule has 1 aliphatic rings. The molecule has 1 fully saturated rings. The molecule has 9 heteroatoms. The fourth-order valence-electron chi connectivity index (χ4n) is 4.89. The van der Waals surface area contributed by atoms with E-state index in [0.717, 1.165) is 11.6 Å². The molecule has 3 aromatic rings. The van der Waals surface area contributed by atoms with Crippen molar-refractivity contribution in [2.45, 2.75) is 44.2 Å². The van der Waals surface area contributed by atoms with Gasteiger partial charge in [0.1, 0.15) is 23.1 Å². The normalized spacial score (nSPS) is 18.1. The number of cyclic esters (lactones) is 1. The summed E-state index contributed by atoms with van der Waals surface area (Å²) in [5.74, 6) is -1.66. The van der Waals surface area contributed by atoms with Crippen molar-refractivity contribution < 1.29 is 27.5 Å². The van der Waals surface area contributed by atoms with Crippen molar-refractivity contribution in [1.82, 2.24) is 10.2 Å². The largest absolute Gasteiger partial charge is 0.438 e. The van der Waals surface area contributed by atoms with Crippen LogP contribution in [0.15, 0.2) is 66.7 Å². The maximum absolute atomic E-state index is 14.2. The molecule has 38 heavy (non-hydrogen) atoms.